The molecule has 0 aromatic carbocycles. The van der Waals surface area contributed by atoms with Gasteiger partial charge in [0.1, 0.15) is 6.20 Å². The number of aromatic nitrogens is 2. The van der Waals surface area contributed by atoms with Crippen LogP contribution in [0.3, 0.4) is 0 Å². The molecule has 16 heavy (non-hydrogen) atoms. The minimum atomic E-state index is -0.441. The summed E-state index contributed by atoms with van der Waals surface area (Å²) < 4.78 is 0. The molecule has 0 atom stereocenters. The average molecular weight is 256 g/mol. The summed E-state index contributed by atoms with van der Waals surface area (Å²) in [6.07, 6.45) is 2.05. The lowest BCUT2D eigenvalue weighted by molar-refractivity contribution is -0.380. The van der Waals surface area contributed by atoms with Crippen LogP contribution in [0.4, 0.5) is 10.1 Å². The molecular weight excluding hydrogens is 248 g/mol. The highest BCUT2D eigenvalue weighted by atomic mass is 32.1. The second-order valence-corrected chi connectivity index (χ2v) is 4.65. The van der Waals surface area contributed by atoms with Crippen LogP contribution in [-0.4, -0.2) is 21.4 Å². The van der Waals surface area contributed by atoms with E-state index in [0.717, 1.165) is 23.5 Å². The van der Waals surface area contributed by atoms with Crippen LogP contribution in [-0.2, 0) is 6.42 Å². The molecule has 2 heterocycles. The van der Waals surface area contributed by atoms with E-state index in [1.807, 2.05) is 5.38 Å². The first-order valence-corrected chi connectivity index (χ1v) is 6.23. The Morgan fingerprint density at radius 3 is 3.00 bits per heavy atom. The van der Waals surface area contributed by atoms with Crippen LogP contribution in [0.25, 0.3) is 0 Å². The molecule has 0 saturated carbocycles. The lowest BCUT2D eigenvalue weighted by Gasteiger charge is -1.98. The summed E-state index contributed by atoms with van der Waals surface area (Å²) in [5.74, 6) is 0. The molecule has 2 aromatic heterocycles. The van der Waals surface area contributed by atoms with E-state index >= 15 is 0 Å². The van der Waals surface area contributed by atoms with Crippen molar-refractivity contribution in [3.63, 3.8) is 0 Å². The molecule has 84 valence electrons. The van der Waals surface area contributed by atoms with E-state index in [4.69, 9.17) is 0 Å². The Bertz CT molecular complexity index is 468. The average Bonchev–Trinajstić information content (AvgIpc) is 2.87. The van der Waals surface area contributed by atoms with Gasteiger partial charge in [-0.3, -0.25) is 10.1 Å². The van der Waals surface area contributed by atoms with Crippen LogP contribution >= 0.6 is 22.7 Å². The van der Waals surface area contributed by atoms with Crippen molar-refractivity contribution in [3.05, 3.63) is 32.9 Å². The number of thiazole rings is 2. The summed E-state index contributed by atoms with van der Waals surface area (Å²) >= 11 is 2.59. The van der Waals surface area contributed by atoms with E-state index in [1.165, 1.54) is 6.20 Å². The number of nitrogens with zero attached hydrogens (tertiary/aromatic N) is 3. The lowest BCUT2D eigenvalue weighted by Crippen LogP contribution is -2.04. The monoisotopic (exact) mass is 256 g/mol. The molecule has 0 aliphatic heterocycles. The van der Waals surface area contributed by atoms with Crippen molar-refractivity contribution >= 4 is 32.8 Å². The Hall–Kier alpha value is -1.54. The van der Waals surface area contributed by atoms with Gasteiger partial charge in [-0.15, -0.1) is 11.3 Å². The van der Waals surface area contributed by atoms with Crippen molar-refractivity contribution in [1.82, 2.24) is 9.97 Å². The Balaban J connectivity index is 1.83. The third-order valence-electron chi connectivity index (χ3n) is 1.81. The van der Waals surface area contributed by atoms with Gasteiger partial charge in [0.15, 0.2) is 5.13 Å². The highest BCUT2D eigenvalue weighted by Gasteiger charge is 2.10. The van der Waals surface area contributed by atoms with Gasteiger partial charge < -0.3 is 5.32 Å². The predicted octanol–water partition coefficient (Wildman–Crippen LogP) is 2.16. The minimum Gasteiger partial charge on any atom is -0.361 e. The van der Waals surface area contributed by atoms with Gasteiger partial charge >= 0.3 is 5.00 Å². The number of hydrogen-bond acceptors (Lipinski definition) is 7. The number of nitrogens with one attached hydrogen (secondary N) is 1. The Morgan fingerprint density at radius 1 is 1.50 bits per heavy atom. The Kier molecular flexibility index (Phi) is 3.42. The van der Waals surface area contributed by atoms with Gasteiger partial charge in [0.2, 0.25) is 0 Å². The van der Waals surface area contributed by atoms with E-state index in [1.54, 1.807) is 16.8 Å². The standard InChI is InChI=1S/C8H8N4O2S2/c13-12(14)7-3-10-8(16-7)9-2-1-6-4-15-5-11-6/h3-5H,1-2H2,(H,9,10). The summed E-state index contributed by atoms with van der Waals surface area (Å²) in [4.78, 5) is 18.0. The molecule has 0 saturated heterocycles. The number of nitro groups is 1. The van der Waals surface area contributed by atoms with E-state index in [-0.39, 0.29) is 5.00 Å². The molecule has 0 aliphatic rings. The summed E-state index contributed by atoms with van der Waals surface area (Å²) in [6.45, 7) is 0.675. The molecule has 0 aliphatic carbocycles. The largest absolute Gasteiger partial charge is 0.361 e. The first kappa shape index (κ1) is 11.0. The van der Waals surface area contributed by atoms with Crippen LogP contribution in [0, 0.1) is 10.1 Å². The SMILES string of the molecule is O=[N+]([O-])c1cnc(NCCc2cscn2)s1. The highest BCUT2D eigenvalue weighted by molar-refractivity contribution is 7.18. The summed E-state index contributed by atoms with van der Waals surface area (Å²) in [5, 5.41) is 16.0. The van der Waals surface area contributed by atoms with Crippen molar-refractivity contribution in [3.8, 4) is 0 Å². The van der Waals surface area contributed by atoms with Gasteiger partial charge in [0.25, 0.3) is 0 Å². The third kappa shape index (κ3) is 2.74. The van der Waals surface area contributed by atoms with Gasteiger partial charge in [0, 0.05) is 18.3 Å². The molecule has 0 unspecified atom stereocenters. The molecule has 2 aromatic rings. The van der Waals surface area contributed by atoms with Crippen LogP contribution < -0.4 is 5.32 Å². The first-order chi connectivity index (χ1) is 7.75. The van der Waals surface area contributed by atoms with Crippen LogP contribution in [0.2, 0.25) is 0 Å². The smallest absolute Gasteiger partial charge is 0.345 e. The molecule has 0 fully saturated rings. The number of rotatable bonds is 5. The lowest BCUT2D eigenvalue weighted by atomic mass is 10.3. The molecule has 8 heteroatoms. The van der Waals surface area contributed by atoms with E-state index < -0.39 is 4.92 Å². The van der Waals surface area contributed by atoms with Crippen LogP contribution in [0.15, 0.2) is 17.1 Å². The normalized spacial score (nSPS) is 10.2. The third-order valence-corrected chi connectivity index (χ3v) is 3.36. The van der Waals surface area contributed by atoms with Gasteiger partial charge in [-0.25, -0.2) is 9.97 Å². The molecule has 1 N–H and O–H groups in total. The van der Waals surface area contributed by atoms with Crippen LogP contribution in [0.5, 0.6) is 0 Å². The Morgan fingerprint density at radius 2 is 2.38 bits per heavy atom. The van der Waals surface area contributed by atoms with Crippen molar-refractivity contribution < 1.29 is 4.92 Å². The van der Waals surface area contributed by atoms with Crippen molar-refractivity contribution in [2.24, 2.45) is 0 Å². The van der Waals surface area contributed by atoms with Gasteiger partial charge in [0.05, 0.1) is 16.1 Å². The zero-order valence-electron chi connectivity index (χ0n) is 8.12. The second kappa shape index (κ2) is 4.99. The topological polar surface area (TPSA) is 81.0 Å². The second-order valence-electron chi connectivity index (χ2n) is 2.92. The molecule has 6 nitrogen and oxygen atoms in total. The maximum atomic E-state index is 10.4. The van der Waals surface area contributed by atoms with Gasteiger partial charge in [-0.05, 0) is 11.3 Å². The van der Waals surface area contributed by atoms with Gasteiger partial charge in [-0.1, -0.05) is 0 Å². The van der Waals surface area contributed by atoms with Crippen LogP contribution in [0.1, 0.15) is 5.69 Å². The quantitative estimate of drug-likeness (QED) is 0.655. The molecule has 0 radical (unpaired) electrons. The Labute approximate surface area is 99.1 Å². The number of hydrogen-bond donors (Lipinski definition) is 1. The predicted molar refractivity (Wildman–Crippen MR) is 63.1 cm³/mol. The van der Waals surface area contributed by atoms with Crippen molar-refractivity contribution in [2.75, 3.05) is 11.9 Å². The fraction of sp³-hybridized carbons (Fsp3) is 0.250. The fourth-order valence-electron chi connectivity index (χ4n) is 1.09. The molecule has 2 rings (SSSR count). The highest BCUT2D eigenvalue weighted by Crippen LogP contribution is 2.24. The van der Waals surface area contributed by atoms with Gasteiger partial charge in [-0.2, -0.15) is 0 Å². The zero-order valence-corrected chi connectivity index (χ0v) is 9.75. The van der Waals surface area contributed by atoms with E-state index in [9.17, 15) is 10.1 Å². The molecule has 0 spiro atoms. The number of anilines is 1. The molecular formula is C8H8N4O2S2. The minimum absolute atomic E-state index is 0.0520. The van der Waals surface area contributed by atoms with E-state index in [0.29, 0.717) is 11.7 Å². The molecule has 0 amide bonds. The maximum Gasteiger partial charge on any atom is 0.345 e. The summed E-state index contributed by atoms with van der Waals surface area (Å²) in [5.41, 5.74) is 2.80. The first-order valence-electron chi connectivity index (χ1n) is 4.47. The maximum absolute atomic E-state index is 10.4. The molecule has 0 bridgehead atoms. The van der Waals surface area contributed by atoms with Crippen molar-refractivity contribution in [1.29, 1.82) is 0 Å². The fourth-order valence-corrected chi connectivity index (χ4v) is 2.34. The van der Waals surface area contributed by atoms with Crippen molar-refractivity contribution in [2.45, 2.75) is 6.42 Å². The summed E-state index contributed by atoms with van der Waals surface area (Å²) in [7, 11) is 0. The zero-order chi connectivity index (χ0) is 11.4. The summed E-state index contributed by atoms with van der Waals surface area (Å²) in [6, 6.07) is 0. The van der Waals surface area contributed by atoms with E-state index in [2.05, 4.69) is 15.3 Å².